The highest BCUT2D eigenvalue weighted by Crippen LogP contribution is 2.41. The van der Waals surface area contributed by atoms with Crippen molar-refractivity contribution in [1.29, 1.82) is 0 Å². The van der Waals surface area contributed by atoms with Gasteiger partial charge in [-0.2, -0.15) is 26.3 Å². The van der Waals surface area contributed by atoms with E-state index < -0.39 is 41.7 Å². The Morgan fingerprint density at radius 3 is 2.12 bits per heavy atom. The Hall–Kier alpha value is -3.92. The maximum absolute atomic E-state index is 14.4. The second-order valence-corrected chi connectivity index (χ2v) is 12.6. The lowest BCUT2D eigenvalue weighted by molar-refractivity contribution is -0.143. The highest BCUT2D eigenvalue weighted by atomic mass is 19.4. The third-order valence-corrected chi connectivity index (χ3v) is 9.14. The second kappa shape index (κ2) is 13.9. The first kappa shape index (κ1) is 35.4. The number of halogens is 8. The van der Waals surface area contributed by atoms with Crippen molar-refractivity contribution in [2.24, 2.45) is 28.5 Å². The summed E-state index contributed by atoms with van der Waals surface area (Å²) in [5.41, 5.74) is 3.51. The number of aliphatic hydroxyl groups excluding tert-OH is 1. The summed E-state index contributed by atoms with van der Waals surface area (Å²) in [6.45, 7) is -0.0667. The lowest BCUT2D eigenvalue weighted by Crippen LogP contribution is -2.41. The van der Waals surface area contributed by atoms with Crippen LogP contribution < -0.4 is 16.5 Å². The van der Waals surface area contributed by atoms with Crippen LogP contribution in [0.15, 0.2) is 41.5 Å². The van der Waals surface area contributed by atoms with Crippen LogP contribution in [0.2, 0.25) is 0 Å². The number of benzene rings is 2. The lowest BCUT2D eigenvalue weighted by atomic mass is 9.78. The Morgan fingerprint density at radius 1 is 0.917 bits per heavy atom. The summed E-state index contributed by atoms with van der Waals surface area (Å²) in [6, 6.07) is 4.81. The predicted octanol–water partition coefficient (Wildman–Crippen LogP) is 6.36. The molecule has 5 rings (SSSR count). The van der Waals surface area contributed by atoms with Crippen molar-refractivity contribution < 1.29 is 40.2 Å². The maximum Gasteiger partial charge on any atom is 0.416 e. The number of hydrazine groups is 1. The minimum Gasteiger partial charge on any atom is -0.396 e. The zero-order valence-electron chi connectivity index (χ0n) is 26.1. The van der Waals surface area contributed by atoms with E-state index >= 15 is 0 Å². The van der Waals surface area contributed by atoms with Crippen LogP contribution in [0.4, 0.5) is 40.9 Å². The van der Waals surface area contributed by atoms with Crippen LogP contribution >= 0.6 is 0 Å². The summed E-state index contributed by atoms with van der Waals surface area (Å²) in [6.07, 6.45) is -5.00. The minimum atomic E-state index is -5.06. The number of aliphatic hydroxyl groups is 1. The van der Waals surface area contributed by atoms with Crippen molar-refractivity contribution in [3.8, 4) is 0 Å². The number of hydrazone groups is 1. The Balaban J connectivity index is 1.59. The third-order valence-electron chi connectivity index (χ3n) is 9.14. The van der Waals surface area contributed by atoms with E-state index in [9.17, 15) is 40.2 Å². The molecule has 0 amide bonds. The zero-order chi connectivity index (χ0) is 35.0. The van der Waals surface area contributed by atoms with Crippen molar-refractivity contribution in [3.05, 3.63) is 70.3 Å². The van der Waals surface area contributed by atoms with Gasteiger partial charge < -0.3 is 20.6 Å². The molecule has 1 aromatic heterocycles. The molecule has 2 heterocycles. The molecule has 1 aliphatic heterocycles. The number of aromatic nitrogens is 1. The van der Waals surface area contributed by atoms with Gasteiger partial charge in [-0.05, 0) is 86.3 Å². The first-order valence-corrected chi connectivity index (χ1v) is 15.6. The average Bonchev–Trinajstić information content (AvgIpc) is 3.50. The van der Waals surface area contributed by atoms with Gasteiger partial charge in [-0.3, -0.25) is 0 Å². The van der Waals surface area contributed by atoms with Gasteiger partial charge in [0.25, 0.3) is 0 Å². The molecule has 5 N–H and O–H groups in total. The van der Waals surface area contributed by atoms with Crippen LogP contribution in [0.25, 0.3) is 10.9 Å². The molecule has 0 spiro atoms. The van der Waals surface area contributed by atoms with Crippen molar-refractivity contribution in [1.82, 2.24) is 15.0 Å². The topological polar surface area (TPSA) is 107 Å². The van der Waals surface area contributed by atoms with Crippen LogP contribution in [0.1, 0.15) is 60.8 Å². The molecule has 1 atom stereocenters. The zero-order valence-corrected chi connectivity index (χ0v) is 26.1. The van der Waals surface area contributed by atoms with Gasteiger partial charge in [0.15, 0.2) is 11.6 Å². The SMILES string of the molecule is CN(N)/N=C(\N)N(Cc1cc(C(F)(F)F)cc(C(F)(F)F)c1)Cc1cc2cc(F)c(F)cc2nc1N1CCC[C@@H]1C1CCC(CO)CC1. The van der Waals surface area contributed by atoms with E-state index in [0.29, 0.717) is 30.1 Å². The van der Waals surface area contributed by atoms with Gasteiger partial charge in [-0.1, -0.05) is 0 Å². The number of hydrogen-bond acceptors (Lipinski definition) is 6. The molecule has 48 heavy (non-hydrogen) atoms. The van der Waals surface area contributed by atoms with Gasteiger partial charge in [-0.15, -0.1) is 5.10 Å². The highest BCUT2D eigenvalue weighted by molar-refractivity contribution is 5.83. The van der Waals surface area contributed by atoms with Crippen molar-refractivity contribution in [2.75, 3.05) is 25.1 Å². The van der Waals surface area contributed by atoms with E-state index in [1.54, 1.807) is 6.07 Å². The summed E-state index contributed by atoms with van der Waals surface area (Å²) in [7, 11) is 1.33. The molecule has 2 aliphatic rings. The summed E-state index contributed by atoms with van der Waals surface area (Å²) in [4.78, 5) is 8.09. The minimum absolute atomic E-state index is 0.0334. The molecular weight excluding hydrogens is 650 g/mol. The van der Waals surface area contributed by atoms with Crippen LogP contribution in [0.5, 0.6) is 0 Å². The highest BCUT2D eigenvalue weighted by Gasteiger charge is 2.38. The standard InChI is InChI=1S/C32H37F8N7O/c1-45(42)44-30(41)46(15-19-9-23(31(35,36)37)13-24(10-19)32(38,39)40)16-22-11-21-12-25(33)26(34)14-27(21)43-29(22)47-8-2-3-28(47)20-6-4-18(17-48)5-7-20/h9-14,18,20,28,48H,2-8,15-17,42H2,1H3,(H2,41,44)/t18?,20?,28-/m1/s1. The molecule has 1 saturated carbocycles. The predicted molar refractivity (Wildman–Crippen MR) is 164 cm³/mol. The van der Waals surface area contributed by atoms with Gasteiger partial charge in [0, 0.05) is 56.3 Å². The number of fused-ring (bicyclic) bond motifs is 1. The van der Waals surface area contributed by atoms with Crippen LogP contribution in [0.3, 0.4) is 0 Å². The number of nitrogens with zero attached hydrogens (tertiary/aromatic N) is 5. The normalized spacial score (nSPS) is 20.9. The molecule has 1 aliphatic carbocycles. The Labute approximate surface area is 271 Å². The molecule has 262 valence electrons. The summed E-state index contributed by atoms with van der Waals surface area (Å²) in [5.74, 6) is 4.05. The van der Waals surface area contributed by atoms with Gasteiger partial charge in [0.1, 0.15) is 5.82 Å². The van der Waals surface area contributed by atoms with Gasteiger partial charge in [0.2, 0.25) is 5.96 Å². The number of pyridine rings is 1. The average molecular weight is 688 g/mol. The first-order valence-electron chi connectivity index (χ1n) is 15.6. The maximum atomic E-state index is 14.4. The molecule has 8 nitrogen and oxygen atoms in total. The van der Waals surface area contributed by atoms with Crippen LogP contribution in [0, 0.1) is 23.5 Å². The Morgan fingerprint density at radius 2 is 1.54 bits per heavy atom. The summed E-state index contributed by atoms with van der Waals surface area (Å²) in [5, 5.41) is 14.7. The van der Waals surface area contributed by atoms with E-state index in [-0.39, 0.29) is 59.5 Å². The quantitative estimate of drug-likeness (QED) is 0.0833. The second-order valence-electron chi connectivity index (χ2n) is 12.6. The van der Waals surface area contributed by atoms with Gasteiger partial charge in [0.05, 0.1) is 16.6 Å². The number of alkyl halides is 6. The number of rotatable bonds is 8. The Bertz CT molecular complexity index is 1610. The van der Waals surface area contributed by atoms with Crippen molar-refractivity contribution in [3.63, 3.8) is 0 Å². The number of anilines is 1. The smallest absolute Gasteiger partial charge is 0.396 e. The summed E-state index contributed by atoms with van der Waals surface area (Å²) < 4.78 is 111. The van der Waals surface area contributed by atoms with Crippen LogP contribution in [-0.4, -0.2) is 52.3 Å². The molecule has 16 heteroatoms. The monoisotopic (exact) mass is 687 g/mol. The first-order chi connectivity index (χ1) is 22.5. The van der Waals surface area contributed by atoms with E-state index in [4.69, 9.17) is 16.6 Å². The molecule has 0 bridgehead atoms. The Kier molecular flexibility index (Phi) is 10.2. The molecule has 2 fully saturated rings. The molecule has 1 saturated heterocycles. The third kappa shape index (κ3) is 8.02. The molecule has 0 radical (unpaired) electrons. The van der Waals surface area contributed by atoms with E-state index in [1.807, 2.05) is 0 Å². The summed E-state index contributed by atoms with van der Waals surface area (Å²) >= 11 is 0. The molecular formula is C32H37F8N7O. The van der Waals surface area contributed by atoms with E-state index in [1.165, 1.54) is 11.9 Å². The number of hydrogen-bond donors (Lipinski definition) is 3. The molecule has 2 aromatic carbocycles. The molecule has 3 aromatic rings. The number of guanidine groups is 1. The van der Waals surface area contributed by atoms with E-state index in [0.717, 1.165) is 55.8 Å². The van der Waals surface area contributed by atoms with Crippen LogP contribution in [-0.2, 0) is 25.4 Å². The van der Waals surface area contributed by atoms with Crippen molar-refractivity contribution in [2.45, 2.75) is 70.0 Å². The fourth-order valence-electron chi connectivity index (χ4n) is 6.85. The molecule has 0 unspecified atom stereocenters. The van der Waals surface area contributed by atoms with Gasteiger partial charge in [-0.25, -0.2) is 24.7 Å². The fraction of sp³-hybridized carbons (Fsp3) is 0.500. The van der Waals surface area contributed by atoms with Gasteiger partial charge >= 0.3 is 12.4 Å². The van der Waals surface area contributed by atoms with Crippen molar-refractivity contribution >= 4 is 22.7 Å². The largest absolute Gasteiger partial charge is 0.416 e. The lowest BCUT2D eigenvalue weighted by Gasteiger charge is -2.38. The number of nitrogens with two attached hydrogens (primary N) is 2. The fourth-order valence-corrected chi connectivity index (χ4v) is 6.85. The van der Waals surface area contributed by atoms with E-state index in [2.05, 4.69) is 10.0 Å².